The summed E-state index contributed by atoms with van der Waals surface area (Å²) in [5.74, 6) is 0.463. The smallest absolute Gasteiger partial charge is 0.228 e. The minimum Gasteiger partial charge on any atom is -0.394 e. The Morgan fingerprint density at radius 3 is 2.68 bits per heavy atom. The van der Waals surface area contributed by atoms with Crippen LogP contribution in [0.3, 0.4) is 0 Å². The summed E-state index contributed by atoms with van der Waals surface area (Å²) in [5, 5.41) is 17.1. The first-order chi connectivity index (χ1) is 10.5. The van der Waals surface area contributed by atoms with Crippen molar-refractivity contribution in [3.8, 4) is 11.3 Å². The van der Waals surface area contributed by atoms with Crippen molar-refractivity contribution >= 4 is 23.3 Å². The molecular weight excluding hydrogens is 302 g/mol. The molecule has 0 aliphatic heterocycles. The zero-order chi connectivity index (χ0) is 16.1. The molecule has 2 aromatic rings. The number of nitrogens with zero attached hydrogens (tertiary/aromatic N) is 2. The van der Waals surface area contributed by atoms with Gasteiger partial charge in [-0.3, -0.25) is 4.79 Å². The van der Waals surface area contributed by atoms with Gasteiger partial charge in [-0.05, 0) is 18.6 Å². The van der Waals surface area contributed by atoms with Crippen LogP contribution < -0.4 is 5.32 Å². The number of aliphatic hydroxyl groups excluding tert-OH is 1. The van der Waals surface area contributed by atoms with Crippen LogP contribution in [0.2, 0.25) is 5.02 Å². The zero-order valence-electron chi connectivity index (χ0n) is 12.7. The van der Waals surface area contributed by atoms with Crippen molar-refractivity contribution < 1.29 is 9.90 Å². The molecular formula is C16H20ClN3O2. The van der Waals surface area contributed by atoms with Gasteiger partial charge in [0.2, 0.25) is 5.91 Å². The second-order valence-corrected chi connectivity index (χ2v) is 5.60. The summed E-state index contributed by atoms with van der Waals surface area (Å²) >= 11 is 5.89. The topological polar surface area (TPSA) is 67.2 Å². The number of carbonyl (C=O) groups is 1. The number of aliphatic hydroxyl groups is 1. The molecule has 1 heterocycles. The lowest BCUT2D eigenvalue weighted by atomic mass is 10.1. The second kappa shape index (κ2) is 7.42. The molecule has 0 aliphatic rings. The Hall–Kier alpha value is -1.85. The Morgan fingerprint density at radius 1 is 1.41 bits per heavy atom. The van der Waals surface area contributed by atoms with Gasteiger partial charge in [-0.25, -0.2) is 4.68 Å². The highest BCUT2D eigenvalue weighted by atomic mass is 35.5. The number of aromatic nitrogens is 2. The molecule has 2 N–H and O–H groups in total. The van der Waals surface area contributed by atoms with Crippen LogP contribution in [-0.2, 0) is 11.3 Å². The van der Waals surface area contributed by atoms with Crippen LogP contribution in [0.25, 0.3) is 11.3 Å². The van der Waals surface area contributed by atoms with Crippen LogP contribution in [0.5, 0.6) is 0 Å². The molecule has 0 fully saturated rings. The van der Waals surface area contributed by atoms with Gasteiger partial charge in [0, 0.05) is 22.6 Å². The van der Waals surface area contributed by atoms with Crippen LogP contribution in [0.1, 0.15) is 20.3 Å². The third-order valence-electron chi connectivity index (χ3n) is 3.54. The van der Waals surface area contributed by atoms with Crippen molar-refractivity contribution in [3.63, 3.8) is 0 Å². The Kier molecular flexibility index (Phi) is 5.57. The van der Waals surface area contributed by atoms with Crippen LogP contribution in [0.15, 0.2) is 30.3 Å². The molecule has 5 nitrogen and oxygen atoms in total. The molecule has 0 bridgehead atoms. The number of anilines is 1. The van der Waals surface area contributed by atoms with Crippen molar-refractivity contribution in [2.45, 2.75) is 26.8 Å². The molecule has 118 valence electrons. The first kappa shape index (κ1) is 16.5. The van der Waals surface area contributed by atoms with Crippen LogP contribution in [0.4, 0.5) is 5.82 Å². The predicted molar refractivity (Wildman–Crippen MR) is 87.8 cm³/mol. The maximum absolute atomic E-state index is 12.1. The Labute approximate surface area is 134 Å². The summed E-state index contributed by atoms with van der Waals surface area (Å²) in [5.41, 5.74) is 1.63. The quantitative estimate of drug-likeness (QED) is 0.858. The van der Waals surface area contributed by atoms with E-state index in [1.807, 2.05) is 26.0 Å². The molecule has 0 saturated carbocycles. The summed E-state index contributed by atoms with van der Waals surface area (Å²) in [7, 11) is 0. The molecule has 1 aromatic carbocycles. The largest absolute Gasteiger partial charge is 0.394 e. The number of amides is 1. The third kappa shape index (κ3) is 3.87. The fraction of sp³-hybridized carbons (Fsp3) is 0.375. The fourth-order valence-electron chi connectivity index (χ4n) is 1.98. The van der Waals surface area contributed by atoms with Crippen molar-refractivity contribution in [2.75, 3.05) is 11.9 Å². The van der Waals surface area contributed by atoms with Crippen LogP contribution >= 0.6 is 11.6 Å². The normalized spacial score (nSPS) is 12.2. The van der Waals surface area contributed by atoms with Gasteiger partial charge in [-0.15, -0.1) is 0 Å². The summed E-state index contributed by atoms with van der Waals surface area (Å²) in [6.45, 7) is 4.12. The second-order valence-electron chi connectivity index (χ2n) is 5.17. The molecule has 0 saturated heterocycles. The average molecular weight is 322 g/mol. The summed E-state index contributed by atoms with van der Waals surface area (Å²) in [4.78, 5) is 12.1. The lowest BCUT2D eigenvalue weighted by molar-refractivity contribution is -0.119. The molecule has 1 unspecified atom stereocenters. The standard InChI is InChI=1S/C16H20ClN3O2/c1-3-11(2)16(22)18-15-10-14(19-20(15)8-9-21)12-4-6-13(17)7-5-12/h4-7,10-11,21H,3,8-9H2,1-2H3,(H,18,22). The SMILES string of the molecule is CCC(C)C(=O)Nc1cc(-c2ccc(Cl)cc2)nn1CCO. The minimum atomic E-state index is -0.0727. The lowest BCUT2D eigenvalue weighted by Gasteiger charge is -2.10. The van der Waals surface area contributed by atoms with E-state index in [1.165, 1.54) is 0 Å². The summed E-state index contributed by atoms with van der Waals surface area (Å²) < 4.78 is 1.60. The van der Waals surface area contributed by atoms with E-state index in [4.69, 9.17) is 16.7 Å². The molecule has 0 spiro atoms. The van der Waals surface area contributed by atoms with Gasteiger partial charge in [-0.1, -0.05) is 37.6 Å². The molecule has 0 radical (unpaired) electrons. The van der Waals surface area contributed by atoms with Crippen LogP contribution in [-0.4, -0.2) is 27.4 Å². The molecule has 22 heavy (non-hydrogen) atoms. The molecule has 2 rings (SSSR count). The van der Waals surface area contributed by atoms with E-state index in [0.29, 0.717) is 17.4 Å². The van der Waals surface area contributed by atoms with Gasteiger partial charge in [0.25, 0.3) is 0 Å². The van der Waals surface area contributed by atoms with E-state index in [0.717, 1.165) is 17.7 Å². The number of rotatable bonds is 6. The molecule has 1 atom stereocenters. The first-order valence-electron chi connectivity index (χ1n) is 7.30. The number of carbonyl (C=O) groups excluding carboxylic acids is 1. The Morgan fingerprint density at radius 2 is 2.09 bits per heavy atom. The summed E-state index contributed by atoms with van der Waals surface area (Å²) in [6.07, 6.45) is 0.768. The highest BCUT2D eigenvalue weighted by molar-refractivity contribution is 6.30. The minimum absolute atomic E-state index is 0.0477. The first-order valence-corrected chi connectivity index (χ1v) is 7.68. The van der Waals surface area contributed by atoms with Gasteiger partial charge in [0.1, 0.15) is 5.82 Å². The monoisotopic (exact) mass is 321 g/mol. The maximum Gasteiger partial charge on any atom is 0.228 e. The highest BCUT2D eigenvalue weighted by Gasteiger charge is 2.15. The van der Waals surface area contributed by atoms with E-state index >= 15 is 0 Å². The van der Waals surface area contributed by atoms with E-state index in [2.05, 4.69) is 10.4 Å². The van der Waals surface area contributed by atoms with E-state index < -0.39 is 0 Å². The van der Waals surface area contributed by atoms with Gasteiger partial charge in [-0.2, -0.15) is 5.10 Å². The number of hydrogen-bond acceptors (Lipinski definition) is 3. The van der Waals surface area contributed by atoms with Crippen molar-refractivity contribution in [1.29, 1.82) is 0 Å². The van der Waals surface area contributed by atoms with Gasteiger partial charge in [0.15, 0.2) is 0 Å². The predicted octanol–water partition coefficient (Wildman–Crippen LogP) is 3.18. The van der Waals surface area contributed by atoms with E-state index in [1.54, 1.807) is 22.9 Å². The Balaban J connectivity index is 2.29. The van der Waals surface area contributed by atoms with Crippen molar-refractivity contribution in [2.24, 2.45) is 5.92 Å². The number of halogens is 1. The maximum atomic E-state index is 12.1. The third-order valence-corrected chi connectivity index (χ3v) is 3.79. The highest BCUT2D eigenvalue weighted by Crippen LogP contribution is 2.24. The van der Waals surface area contributed by atoms with Gasteiger partial charge >= 0.3 is 0 Å². The van der Waals surface area contributed by atoms with Gasteiger partial charge < -0.3 is 10.4 Å². The Bertz CT molecular complexity index is 637. The average Bonchev–Trinajstić information content (AvgIpc) is 2.90. The van der Waals surface area contributed by atoms with E-state index in [-0.39, 0.29) is 18.4 Å². The zero-order valence-corrected chi connectivity index (χ0v) is 13.5. The lowest BCUT2D eigenvalue weighted by Crippen LogP contribution is -2.22. The summed E-state index contributed by atoms with van der Waals surface area (Å²) in [6, 6.07) is 9.13. The molecule has 1 amide bonds. The number of nitrogens with one attached hydrogen (secondary N) is 1. The molecule has 6 heteroatoms. The number of hydrogen-bond donors (Lipinski definition) is 2. The van der Waals surface area contributed by atoms with Crippen LogP contribution in [0, 0.1) is 5.92 Å². The molecule has 1 aromatic heterocycles. The fourth-order valence-corrected chi connectivity index (χ4v) is 2.11. The number of benzene rings is 1. The van der Waals surface area contributed by atoms with Gasteiger partial charge in [0.05, 0.1) is 18.8 Å². The molecule has 0 aliphatic carbocycles. The van der Waals surface area contributed by atoms with Crippen molar-refractivity contribution in [3.05, 3.63) is 35.4 Å². The van der Waals surface area contributed by atoms with E-state index in [9.17, 15) is 4.79 Å². The van der Waals surface area contributed by atoms with Crippen molar-refractivity contribution in [1.82, 2.24) is 9.78 Å².